The second-order valence-electron chi connectivity index (χ2n) is 15.1. The molecule has 0 saturated carbocycles. The van der Waals surface area contributed by atoms with Crippen molar-refractivity contribution in [1.82, 2.24) is 4.57 Å². The molecule has 10 aromatic rings. The Morgan fingerprint density at radius 3 is 1.37 bits per heavy atom. The number of para-hydroxylation sites is 1. The first-order valence-corrected chi connectivity index (χ1v) is 19.7. The molecule has 0 radical (unpaired) electrons. The zero-order chi connectivity index (χ0) is 38.3. The molecule has 1 aromatic heterocycles. The first kappa shape index (κ1) is 34.3. The van der Waals surface area contributed by atoms with Crippen LogP contribution in [0.15, 0.2) is 212 Å². The lowest BCUT2D eigenvalue weighted by Crippen LogP contribution is -1.96. The summed E-state index contributed by atoms with van der Waals surface area (Å²) in [4.78, 5) is 0. The molecule has 10 rings (SSSR count). The fourth-order valence-electron chi connectivity index (χ4n) is 8.49. The lowest BCUT2D eigenvalue weighted by Gasteiger charge is -2.15. The number of aryl methyl sites for hydroxylation is 2. The van der Waals surface area contributed by atoms with Gasteiger partial charge < -0.3 is 4.57 Å². The number of hydrogen-bond acceptors (Lipinski definition) is 0. The van der Waals surface area contributed by atoms with Crippen molar-refractivity contribution >= 4 is 21.8 Å². The molecule has 0 bridgehead atoms. The molecule has 270 valence electrons. The van der Waals surface area contributed by atoms with Gasteiger partial charge in [-0.1, -0.05) is 158 Å². The van der Waals surface area contributed by atoms with E-state index in [-0.39, 0.29) is 0 Å². The van der Waals surface area contributed by atoms with Gasteiger partial charge in [0.05, 0.1) is 11.0 Å². The molecule has 0 fully saturated rings. The van der Waals surface area contributed by atoms with Crippen LogP contribution in [0.5, 0.6) is 0 Å². The fraction of sp³-hybridized carbons (Fsp3) is 0.0357. The van der Waals surface area contributed by atoms with Crippen LogP contribution in [0.25, 0.3) is 94.3 Å². The maximum absolute atomic E-state index is 2.46. The molecule has 1 heterocycles. The molecule has 0 aliphatic carbocycles. The first-order chi connectivity index (χ1) is 28.1. The van der Waals surface area contributed by atoms with E-state index in [4.69, 9.17) is 0 Å². The highest BCUT2D eigenvalue weighted by Gasteiger charge is 2.17. The van der Waals surface area contributed by atoms with Crippen molar-refractivity contribution in [2.24, 2.45) is 0 Å². The molecule has 0 atom stereocenters. The third-order valence-corrected chi connectivity index (χ3v) is 11.5. The third kappa shape index (κ3) is 6.44. The number of aromatic nitrogens is 1. The summed E-state index contributed by atoms with van der Waals surface area (Å²) in [5.41, 5.74) is 20.6. The van der Waals surface area contributed by atoms with Gasteiger partial charge in [-0.15, -0.1) is 0 Å². The normalized spacial score (nSPS) is 11.3. The Balaban J connectivity index is 1.16. The minimum Gasteiger partial charge on any atom is -0.309 e. The van der Waals surface area contributed by atoms with E-state index in [2.05, 4.69) is 231 Å². The quantitative estimate of drug-likeness (QED) is 0.154. The van der Waals surface area contributed by atoms with Gasteiger partial charge in [-0.05, 0) is 146 Å². The van der Waals surface area contributed by atoms with E-state index in [1.807, 2.05) is 0 Å². The maximum atomic E-state index is 2.46. The van der Waals surface area contributed by atoms with Crippen LogP contribution in [-0.4, -0.2) is 4.57 Å². The molecule has 1 heteroatoms. The molecule has 0 spiro atoms. The highest BCUT2D eigenvalue weighted by molar-refractivity contribution is 6.10. The fourth-order valence-corrected chi connectivity index (χ4v) is 8.49. The van der Waals surface area contributed by atoms with E-state index in [9.17, 15) is 0 Å². The zero-order valence-electron chi connectivity index (χ0n) is 32.2. The number of rotatable bonds is 7. The largest absolute Gasteiger partial charge is 0.309 e. The summed E-state index contributed by atoms with van der Waals surface area (Å²) in [6, 6.07) is 77.7. The van der Waals surface area contributed by atoms with Gasteiger partial charge in [0.15, 0.2) is 0 Å². The summed E-state index contributed by atoms with van der Waals surface area (Å²) in [7, 11) is 0. The van der Waals surface area contributed by atoms with Crippen LogP contribution >= 0.6 is 0 Å². The minimum absolute atomic E-state index is 1.13. The van der Waals surface area contributed by atoms with Crippen LogP contribution in [-0.2, 0) is 0 Å². The predicted octanol–water partition coefficient (Wildman–Crippen LogP) is 15.4. The molecule has 0 aliphatic rings. The van der Waals surface area contributed by atoms with E-state index in [0.717, 1.165) is 5.69 Å². The van der Waals surface area contributed by atoms with Crippen LogP contribution in [0.3, 0.4) is 0 Å². The van der Waals surface area contributed by atoms with Gasteiger partial charge in [0.1, 0.15) is 0 Å². The maximum Gasteiger partial charge on any atom is 0.0541 e. The Morgan fingerprint density at radius 1 is 0.263 bits per heavy atom. The highest BCUT2D eigenvalue weighted by atomic mass is 15.0. The minimum atomic E-state index is 1.13. The summed E-state index contributed by atoms with van der Waals surface area (Å²) < 4.78 is 2.46. The van der Waals surface area contributed by atoms with Crippen LogP contribution in [0.4, 0.5) is 0 Å². The van der Waals surface area contributed by atoms with E-state index in [1.54, 1.807) is 0 Å². The smallest absolute Gasteiger partial charge is 0.0541 e. The second kappa shape index (κ2) is 14.5. The number of hydrogen-bond donors (Lipinski definition) is 0. The molecular weight excluding hydrogens is 687 g/mol. The van der Waals surface area contributed by atoms with Crippen LogP contribution in [0.2, 0.25) is 0 Å². The van der Waals surface area contributed by atoms with Crippen molar-refractivity contribution < 1.29 is 0 Å². The van der Waals surface area contributed by atoms with E-state index < -0.39 is 0 Å². The van der Waals surface area contributed by atoms with Crippen LogP contribution in [0, 0.1) is 13.8 Å². The number of nitrogens with zero attached hydrogens (tertiary/aromatic N) is 1. The first-order valence-electron chi connectivity index (χ1n) is 19.7. The van der Waals surface area contributed by atoms with Crippen molar-refractivity contribution in [3.8, 4) is 72.4 Å². The Bertz CT molecular complexity index is 2970. The van der Waals surface area contributed by atoms with Gasteiger partial charge in [-0.3, -0.25) is 0 Å². The van der Waals surface area contributed by atoms with Crippen molar-refractivity contribution in [2.45, 2.75) is 13.8 Å². The number of benzene rings is 9. The SMILES string of the molecule is Cc1ccccc1-c1cc(-c2ccc3c(c2)c2ccccc2n3-c2cc(-c3cccc(-c4ccccc4)c3)cc(-c3cccc(-c4ccccc4)c3)c2)ccc1C. The summed E-state index contributed by atoms with van der Waals surface area (Å²) in [6.07, 6.45) is 0. The van der Waals surface area contributed by atoms with Gasteiger partial charge in [0, 0.05) is 16.5 Å². The summed E-state index contributed by atoms with van der Waals surface area (Å²) in [5, 5.41) is 2.48. The van der Waals surface area contributed by atoms with Crippen molar-refractivity contribution in [3.05, 3.63) is 223 Å². The number of fused-ring (bicyclic) bond motifs is 3. The summed E-state index contributed by atoms with van der Waals surface area (Å²) in [5.74, 6) is 0. The van der Waals surface area contributed by atoms with Gasteiger partial charge >= 0.3 is 0 Å². The molecule has 0 unspecified atom stereocenters. The van der Waals surface area contributed by atoms with E-state index >= 15 is 0 Å². The average molecular weight is 728 g/mol. The van der Waals surface area contributed by atoms with Gasteiger partial charge in [-0.2, -0.15) is 0 Å². The third-order valence-electron chi connectivity index (χ3n) is 11.5. The molecule has 0 N–H and O–H groups in total. The highest BCUT2D eigenvalue weighted by Crippen LogP contribution is 2.40. The molecule has 0 saturated heterocycles. The lowest BCUT2D eigenvalue weighted by atomic mass is 9.92. The summed E-state index contributed by atoms with van der Waals surface area (Å²) in [6.45, 7) is 4.41. The van der Waals surface area contributed by atoms with Crippen LogP contribution < -0.4 is 0 Å². The van der Waals surface area contributed by atoms with Gasteiger partial charge in [0.25, 0.3) is 0 Å². The van der Waals surface area contributed by atoms with Crippen molar-refractivity contribution in [1.29, 1.82) is 0 Å². The molecule has 57 heavy (non-hydrogen) atoms. The topological polar surface area (TPSA) is 4.93 Å². The summed E-state index contributed by atoms with van der Waals surface area (Å²) >= 11 is 0. The second-order valence-corrected chi connectivity index (χ2v) is 15.1. The molecule has 1 nitrogen and oxygen atoms in total. The van der Waals surface area contributed by atoms with Crippen LogP contribution in [0.1, 0.15) is 11.1 Å². The monoisotopic (exact) mass is 727 g/mol. The van der Waals surface area contributed by atoms with Gasteiger partial charge in [-0.25, -0.2) is 0 Å². The lowest BCUT2D eigenvalue weighted by molar-refractivity contribution is 1.18. The Labute approximate surface area is 334 Å². The molecule has 9 aromatic carbocycles. The average Bonchev–Trinajstić information content (AvgIpc) is 3.61. The molecular formula is C56H41N. The Hall–Kier alpha value is -7.22. The Kier molecular flexibility index (Phi) is 8.69. The van der Waals surface area contributed by atoms with E-state index in [0.29, 0.717) is 0 Å². The molecule has 0 aliphatic heterocycles. The van der Waals surface area contributed by atoms with E-state index in [1.165, 1.54) is 99.7 Å². The molecule has 0 amide bonds. The van der Waals surface area contributed by atoms with Crippen molar-refractivity contribution in [2.75, 3.05) is 0 Å². The predicted molar refractivity (Wildman–Crippen MR) is 243 cm³/mol. The Morgan fingerprint density at radius 2 is 0.719 bits per heavy atom. The zero-order valence-corrected chi connectivity index (χ0v) is 32.2. The van der Waals surface area contributed by atoms with Gasteiger partial charge in [0.2, 0.25) is 0 Å². The standard InChI is InChI=1S/C56H41N/c1-38-15-9-10-24-51(38)53-36-46(28-27-39(53)2)47-29-30-56-54(37-47)52-25-11-12-26-55(52)57(56)50-34-48(44-22-13-20-42(31-44)40-16-5-3-6-17-40)33-49(35-50)45-23-14-21-43(32-45)41-18-7-4-8-19-41/h3-37H,1-2H3. The van der Waals surface area contributed by atoms with Crippen molar-refractivity contribution in [3.63, 3.8) is 0 Å².